The first-order chi connectivity index (χ1) is 11.7. The molecule has 25 heavy (non-hydrogen) atoms. The molecule has 7 nitrogen and oxygen atoms in total. The van der Waals surface area contributed by atoms with Gasteiger partial charge in [-0.2, -0.15) is 18.3 Å². The molecule has 136 valence electrons. The van der Waals surface area contributed by atoms with Crippen molar-refractivity contribution in [2.24, 2.45) is 13.0 Å². The monoisotopic (exact) mass is 356 g/mol. The van der Waals surface area contributed by atoms with Crippen LogP contribution in [0, 0.1) is 5.92 Å². The molecular weight excluding hydrogens is 337 g/mol. The van der Waals surface area contributed by atoms with Crippen LogP contribution in [0.15, 0.2) is 18.6 Å². The second-order valence-electron chi connectivity index (χ2n) is 6.31. The lowest BCUT2D eigenvalue weighted by atomic mass is 9.99. The highest BCUT2D eigenvalue weighted by Crippen LogP contribution is 2.30. The number of carbonyl (C=O) groups excluding carboxylic acids is 1. The molecule has 10 heteroatoms. The van der Waals surface area contributed by atoms with Crippen molar-refractivity contribution in [2.75, 3.05) is 18.9 Å². The highest BCUT2D eigenvalue weighted by atomic mass is 19.4. The molecule has 1 aliphatic heterocycles. The van der Waals surface area contributed by atoms with Gasteiger partial charge in [0.25, 0.3) is 0 Å². The average molecular weight is 356 g/mol. The Morgan fingerprint density at radius 3 is 2.84 bits per heavy atom. The maximum atomic E-state index is 12.8. The average Bonchev–Trinajstić information content (AvgIpc) is 3.12. The van der Waals surface area contributed by atoms with Crippen molar-refractivity contribution in [1.82, 2.24) is 24.2 Å². The Balaban J connectivity index is 1.58. The molecule has 2 aromatic rings. The number of nitrogens with one attached hydrogen (secondary N) is 1. The number of alkyl halides is 3. The third-order valence-electron chi connectivity index (χ3n) is 4.22. The van der Waals surface area contributed by atoms with Crippen LogP contribution in [0.4, 0.5) is 23.7 Å². The van der Waals surface area contributed by atoms with Crippen LogP contribution in [0.2, 0.25) is 0 Å². The van der Waals surface area contributed by atoms with Gasteiger partial charge in [-0.3, -0.25) is 4.68 Å². The van der Waals surface area contributed by atoms with Gasteiger partial charge in [-0.25, -0.2) is 9.78 Å². The minimum Gasteiger partial charge on any atom is -0.334 e. The molecule has 1 unspecified atom stereocenters. The van der Waals surface area contributed by atoms with Gasteiger partial charge < -0.3 is 14.8 Å². The summed E-state index contributed by atoms with van der Waals surface area (Å²) in [6.07, 6.45) is 1.01. The van der Waals surface area contributed by atoms with Gasteiger partial charge in [-0.15, -0.1) is 0 Å². The molecule has 0 saturated carbocycles. The Bertz CT molecular complexity index is 766. The zero-order chi connectivity index (χ0) is 18.2. The fourth-order valence-electron chi connectivity index (χ4n) is 2.98. The molecule has 0 spiro atoms. The molecule has 0 bridgehead atoms. The van der Waals surface area contributed by atoms with Gasteiger partial charge in [0.15, 0.2) is 5.69 Å². The molecule has 3 rings (SSSR count). The number of nitrogens with zero attached hydrogens (tertiary/aromatic N) is 5. The minimum atomic E-state index is -4.43. The predicted octanol–water partition coefficient (Wildman–Crippen LogP) is 2.36. The first-order valence-electron chi connectivity index (χ1n) is 7.86. The summed E-state index contributed by atoms with van der Waals surface area (Å²) in [6, 6.07) is -0.277. The number of rotatable bonds is 3. The van der Waals surface area contributed by atoms with Crippen LogP contribution < -0.4 is 5.32 Å². The number of urea groups is 1. The lowest BCUT2D eigenvalue weighted by molar-refractivity contribution is -0.141. The molecule has 2 amide bonds. The van der Waals surface area contributed by atoms with Crippen LogP contribution in [0.25, 0.3) is 0 Å². The standard InChI is InChI=1S/C15H19F3N6O/c1-22(14(25)20-11-5-19-23(2)8-11)6-10-3-4-13-21-12(15(16,17)18)9-24(13)7-10/h5,8-10H,3-4,6-7H2,1-2H3,(H,20,25). The molecule has 0 saturated heterocycles. The second-order valence-corrected chi connectivity index (χ2v) is 6.31. The van der Waals surface area contributed by atoms with E-state index in [-0.39, 0.29) is 11.9 Å². The molecule has 1 atom stereocenters. The van der Waals surface area contributed by atoms with E-state index in [1.165, 1.54) is 4.90 Å². The van der Waals surface area contributed by atoms with Gasteiger partial charge in [-0.05, 0) is 12.3 Å². The van der Waals surface area contributed by atoms with Crippen LogP contribution in [0.5, 0.6) is 0 Å². The molecule has 0 aliphatic carbocycles. The molecule has 0 fully saturated rings. The minimum absolute atomic E-state index is 0.0763. The van der Waals surface area contributed by atoms with Crippen LogP contribution >= 0.6 is 0 Å². The summed E-state index contributed by atoms with van der Waals surface area (Å²) in [5.41, 5.74) is -0.263. The molecule has 1 N–H and O–H groups in total. The van der Waals surface area contributed by atoms with Crippen molar-refractivity contribution in [3.05, 3.63) is 30.1 Å². The number of imidazole rings is 1. The van der Waals surface area contributed by atoms with Crippen LogP contribution in [0.1, 0.15) is 17.9 Å². The summed E-state index contributed by atoms with van der Waals surface area (Å²) in [5, 5.41) is 6.70. The maximum Gasteiger partial charge on any atom is 0.434 e. The van der Waals surface area contributed by atoms with E-state index in [1.54, 1.807) is 35.7 Å². The molecule has 0 radical (unpaired) electrons. The zero-order valence-corrected chi connectivity index (χ0v) is 13.9. The van der Waals surface area contributed by atoms with Crippen LogP contribution in [0.3, 0.4) is 0 Å². The Morgan fingerprint density at radius 2 is 2.20 bits per heavy atom. The summed E-state index contributed by atoms with van der Waals surface area (Å²) in [7, 11) is 3.41. The number of hydrogen-bond donors (Lipinski definition) is 1. The molecule has 3 heterocycles. The Morgan fingerprint density at radius 1 is 1.44 bits per heavy atom. The van der Waals surface area contributed by atoms with Crippen molar-refractivity contribution in [3.63, 3.8) is 0 Å². The normalized spacial score (nSPS) is 17.2. The summed E-state index contributed by atoms with van der Waals surface area (Å²) in [6.45, 7) is 0.869. The van der Waals surface area contributed by atoms with E-state index in [0.29, 0.717) is 37.4 Å². The topological polar surface area (TPSA) is 68.0 Å². The van der Waals surface area contributed by atoms with Crippen LogP contribution in [-0.4, -0.2) is 43.9 Å². The maximum absolute atomic E-state index is 12.8. The number of hydrogen-bond acceptors (Lipinski definition) is 3. The first kappa shape index (κ1) is 17.3. The number of anilines is 1. The first-order valence-corrected chi connectivity index (χ1v) is 7.86. The van der Waals surface area contributed by atoms with Gasteiger partial charge in [-0.1, -0.05) is 0 Å². The number of halogens is 3. The fourth-order valence-corrected chi connectivity index (χ4v) is 2.98. The highest BCUT2D eigenvalue weighted by Gasteiger charge is 2.36. The number of carbonyl (C=O) groups is 1. The van der Waals surface area contributed by atoms with E-state index in [9.17, 15) is 18.0 Å². The predicted molar refractivity (Wildman–Crippen MR) is 83.9 cm³/mol. The lowest BCUT2D eigenvalue weighted by Gasteiger charge is -2.28. The quantitative estimate of drug-likeness (QED) is 0.918. The molecule has 0 aromatic carbocycles. The van der Waals surface area contributed by atoms with Gasteiger partial charge in [0, 0.05) is 46.0 Å². The van der Waals surface area contributed by atoms with Crippen molar-refractivity contribution < 1.29 is 18.0 Å². The van der Waals surface area contributed by atoms with E-state index < -0.39 is 11.9 Å². The Hall–Kier alpha value is -2.52. The summed E-state index contributed by atoms with van der Waals surface area (Å²) >= 11 is 0. The number of aromatic nitrogens is 4. The number of aryl methyl sites for hydroxylation is 2. The number of amides is 2. The van der Waals surface area contributed by atoms with E-state index in [4.69, 9.17) is 0 Å². The van der Waals surface area contributed by atoms with Gasteiger partial charge in [0.2, 0.25) is 0 Å². The third-order valence-corrected chi connectivity index (χ3v) is 4.22. The van der Waals surface area contributed by atoms with Crippen molar-refractivity contribution in [1.29, 1.82) is 0 Å². The highest BCUT2D eigenvalue weighted by molar-refractivity contribution is 5.88. The van der Waals surface area contributed by atoms with Crippen molar-refractivity contribution >= 4 is 11.7 Å². The van der Waals surface area contributed by atoms with E-state index in [0.717, 1.165) is 6.20 Å². The Kier molecular flexibility index (Phi) is 4.44. The summed E-state index contributed by atoms with van der Waals surface area (Å²) in [4.78, 5) is 17.4. The zero-order valence-electron chi connectivity index (χ0n) is 13.9. The van der Waals surface area contributed by atoms with E-state index in [2.05, 4.69) is 15.4 Å². The number of fused-ring (bicyclic) bond motifs is 1. The van der Waals surface area contributed by atoms with Crippen molar-refractivity contribution in [2.45, 2.75) is 25.6 Å². The molecular formula is C15H19F3N6O. The molecule has 2 aromatic heterocycles. The van der Waals surface area contributed by atoms with E-state index >= 15 is 0 Å². The SMILES string of the molecule is CN(CC1CCc2nc(C(F)(F)F)cn2C1)C(=O)Nc1cnn(C)c1. The van der Waals surface area contributed by atoms with E-state index in [1.807, 2.05) is 0 Å². The smallest absolute Gasteiger partial charge is 0.334 e. The van der Waals surface area contributed by atoms with Gasteiger partial charge in [0.1, 0.15) is 5.82 Å². The van der Waals surface area contributed by atoms with Crippen molar-refractivity contribution in [3.8, 4) is 0 Å². The Labute approximate surface area is 142 Å². The summed E-state index contributed by atoms with van der Waals surface area (Å²) in [5.74, 6) is 0.526. The van der Waals surface area contributed by atoms with Gasteiger partial charge >= 0.3 is 12.2 Å². The fraction of sp³-hybridized carbons (Fsp3) is 0.533. The van der Waals surface area contributed by atoms with Gasteiger partial charge in [0.05, 0.1) is 11.9 Å². The third kappa shape index (κ3) is 3.94. The summed E-state index contributed by atoms with van der Waals surface area (Å²) < 4.78 is 41.4. The molecule has 1 aliphatic rings. The largest absolute Gasteiger partial charge is 0.434 e. The second kappa shape index (κ2) is 6.41. The van der Waals surface area contributed by atoms with Crippen LogP contribution in [-0.2, 0) is 26.2 Å². The lowest BCUT2D eigenvalue weighted by Crippen LogP contribution is -2.37.